The number of likely N-dealkylation sites (N-methyl/N-ethyl adjacent to an activating group) is 1. The summed E-state index contributed by atoms with van der Waals surface area (Å²) in [7, 11) is 2.07. The van der Waals surface area contributed by atoms with Gasteiger partial charge in [0.25, 0.3) is 5.91 Å². The van der Waals surface area contributed by atoms with Gasteiger partial charge in [0.15, 0.2) is 6.39 Å². The van der Waals surface area contributed by atoms with Gasteiger partial charge in [-0.2, -0.15) is 0 Å². The molecule has 1 amide bonds. The van der Waals surface area contributed by atoms with Crippen LogP contribution in [0.2, 0.25) is 0 Å². The number of oxazole rings is 1. The molecule has 1 saturated heterocycles. The monoisotopic (exact) mass is 385 g/mol. The fourth-order valence-electron chi connectivity index (χ4n) is 3.33. The molecule has 1 aliphatic heterocycles. The summed E-state index contributed by atoms with van der Waals surface area (Å²) in [5, 5.41) is 3.39. The summed E-state index contributed by atoms with van der Waals surface area (Å²) >= 11 is 1.74. The van der Waals surface area contributed by atoms with Crippen LogP contribution in [0.1, 0.15) is 21.7 Å². The van der Waals surface area contributed by atoms with Crippen LogP contribution in [-0.2, 0) is 17.7 Å². The second kappa shape index (κ2) is 8.21. The SMILES string of the molecule is CN(CCc1csc2ccc(C(=O)N3CCOCC3)cc12)Cc1cnco1. The summed E-state index contributed by atoms with van der Waals surface area (Å²) in [6.45, 7) is 4.22. The molecule has 0 aliphatic carbocycles. The first-order valence-electron chi connectivity index (χ1n) is 9.14. The Morgan fingerprint density at radius 2 is 2.19 bits per heavy atom. The summed E-state index contributed by atoms with van der Waals surface area (Å²) in [5.41, 5.74) is 2.05. The van der Waals surface area contributed by atoms with Gasteiger partial charge in [-0.1, -0.05) is 0 Å². The van der Waals surface area contributed by atoms with E-state index in [1.807, 2.05) is 11.0 Å². The molecule has 1 aliphatic rings. The van der Waals surface area contributed by atoms with Crippen molar-refractivity contribution in [1.29, 1.82) is 0 Å². The van der Waals surface area contributed by atoms with Crippen LogP contribution in [-0.4, -0.2) is 60.6 Å². The number of fused-ring (bicyclic) bond motifs is 1. The molecule has 0 atom stereocenters. The van der Waals surface area contributed by atoms with Crippen LogP contribution in [0.5, 0.6) is 0 Å². The molecule has 0 N–H and O–H groups in total. The summed E-state index contributed by atoms with van der Waals surface area (Å²) in [6.07, 6.45) is 4.14. The van der Waals surface area contributed by atoms with E-state index in [0.29, 0.717) is 26.3 Å². The van der Waals surface area contributed by atoms with Gasteiger partial charge >= 0.3 is 0 Å². The highest BCUT2D eigenvalue weighted by Crippen LogP contribution is 2.28. The van der Waals surface area contributed by atoms with E-state index in [4.69, 9.17) is 9.15 Å². The first-order valence-corrected chi connectivity index (χ1v) is 10.0. The molecule has 27 heavy (non-hydrogen) atoms. The van der Waals surface area contributed by atoms with Crippen molar-refractivity contribution < 1.29 is 13.9 Å². The van der Waals surface area contributed by atoms with Crippen molar-refractivity contribution in [3.05, 3.63) is 53.1 Å². The van der Waals surface area contributed by atoms with Gasteiger partial charge in [0.05, 0.1) is 26.0 Å². The van der Waals surface area contributed by atoms with E-state index < -0.39 is 0 Å². The van der Waals surface area contributed by atoms with Gasteiger partial charge in [-0.3, -0.25) is 9.69 Å². The van der Waals surface area contributed by atoms with E-state index in [1.165, 1.54) is 22.0 Å². The molecule has 3 heterocycles. The number of hydrogen-bond acceptors (Lipinski definition) is 6. The lowest BCUT2D eigenvalue weighted by Gasteiger charge is -2.26. The van der Waals surface area contributed by atoms with Crippen molar-refractivity contribution in [1.82, 2.24) is 14.8 Å². The van der Waals surface area contributed by atoms with Crippen LogP contribution in [0.3, 0.4) is 0 Å². The second-order valence-corrected chi connectivity index (χ2v) is 7.74. The lowest BCUT2D eigenvalue weighted by Crippen LogP contribution is -2.40. The zero-order valence-electron chi connectivity index (χ0n) is 15.4. The average Bonchev–Trinajstić information content (AvgIpc) is 3.35. The minimum atomic E-state index is 0.0970. The molecule has 142 valence electrons. The van der Waals surface area contributed by atoms with Gasteiger partial charge in [-0.15, -0.1) is 11.3 Å². The Bertz CT molecular complexity index is 900. The van der Waals surface area contributed by atoms with Gasteiger partial charge in [0, 0.05) is 29.9 Å². The standard InChI is InChI=1S/C20H23N3O3S/c1-22(12-17-11-21-14-26-17)5-4-16-13-27-19-3-2-15(10-18(16)19)20(24)23-6-8-25-9-7-23/h2-3,10-11,13-14H,4-9,12H2,1H3. The molecule has 7 heteroatoms. The highest BCUT2D eigenvalue weighted by molar-refractivity contribution is 7.17. The van der Waals surface area contributed by atoms with Gasteiger partial charge in [0.1, 0.15) is 5.76 Å². The number of carbonyl (C=O) groups excluding carboxylic acids is 1. The number of hydrogen-bond donors (Lipinski definition) is 0. The summed E-state index contributed by atoms with van der Waals surface area (Å²) in [4.78, 5) is 20.8. The lowest BCUT2D eigenvalue weighted by molar-refractivity contribution is 0.0303. The van der Waals surface area contributed by atoms with E-state index >= 15 is 0 Å². The second-order valence-electron chi connectivity index (χ2n) is 6.83. The highest BCUT2D eigenvalue weighted by atomic mass is 32.1. The number of morpholine rings is 1. The molecule has 4 rings (SSSR count). The molecule has 2 aromatic heterocycles. The van der Waals surface area contributed by atoms with Crippen LogP contribution >= 0.6 is 11.3 Å². The molecule has 1 fully saturated rings. The van der Waals surface area contributed by atoms with E-state index in [-0.39, 0.29) is 5.91 Å². The summed E-state index contributed by atoms with van der Waals surface area (Å²) in [6, 6.07) is 6.06. The number of benzene rings is 1. The number of amides is 1. The van der Waals surface area contributed by atoms with Crippen LogP contribution < -0.4 is 0 Å². The Kier molecular flexibility index (Phi) is 5.52. The minimum Gasteiger partial charge on any atom is -0.447 e. The van der Waals surface area contributed by atoms with E-state index in [0.717, 1.165) is 30.8 Å². The molecular weight excluding hydrogens is 362 g/mol. The molecular formula is C20H23N3O3S. The maximum Gasteiger partial charge on any atom is 0.254 e. The fourth-order valence-corrected chi connectivity index (χ4v) is 4.31. The Balaban J connectivity index is 1.46. The largest absolute Gasteiger partial charge is 0.447 e. The predicted molar refractivity (Wildman–Crippen MR) is 105 cm³/mol. The van der Waals surface area contributed by atoms with Gasteiger partial charge in [0.2, 0.25) is 0 Å². The third-order valence-electron chi connectivity index (χ3n) is 4.87. The Morgan fingerprint density at radius 3 is 2.96 bits per heavy atom. The van der Waals surface area contributed by atoms with Crippen molar-refractivity contribution in [3.63, 3.8) is 0 Å². The number of carbonyl (C=O) groups is 1. The van der Waals surface area contributed by atoms with E-state index in [2.05, 4.69) is 34.4 Å². The van der Waals surface area contributed by atoms with Crippen LogP contribution in [0.25, 0.3) is 10.1 Å². The van der Waals surface area contributed by atoms with E-state index in [1.54, 1.807) is 17.5 Å². The number of thiophene rings is 1. The predicted octanol–water partition coefficient (Wildman–Crippen LogP) is 3.04. The molecule has 0 bridgehead atoms. The Morgan fingerprint density at radius 1 is 1.33 bits per heavy atom. The third kappa shape index (κ3) is 4.21. The van der Waals surface area contributed by atoms with Crippen molar-refractivity contribution in [2.45, 2.75) is 13.0 Å². The minimum absolute atomic E-state index is 0.0970. The highest BCUT2D eigenvalue weighted by Gasteiger charge is 2.19. The fraction of sp³-hybridized carbons (Fsp3) is 0.400. The Hall–Kier alpha value is -2.22. The number of aromatic nitrogens is 1. The molecule has 0 saturated carbocycles. The van der Waals surface area contributed by atoms with Crippen LogP contribution in [0.15, 0.2) is 40.6 Å². The Labute approximate surface area is 162 Å². The smallest absolute Gasteiger partial charge is 0.254 e. The van der Waals surface area contributed by atoms with Gasteiger partial charge in [-0.25, -0.2) is 4.98 Å². The number of rotatable bonds is 6. The maximum atomic E-state index is 12.8. The first kappa shape index (κ1) is 18.2. The maximum absolute atomic E-state index is 12.8. The summed E-state index contributed by atoms with van der Waals surface area (Å²) in [5.74, 6) is 0.964. The van der Waals surface area contributed by atoms with Crippen LogP contribution in [0.4, 0.5) is 0 Å². The third-order valence-corrected chi connectivity index (χ3v) is 5.88. The molecule has 1 aromatic carbocycles. The van der Waals surface area contributed by atoms with Gasteiger partial charge < -0.3 is 14.1 Å². The molecule has 6 nitrogen and oxygen atoms in total. The zero-order chi connectivity index (χ0) is 18.6. The number of ether oxygens (including phenoxy) is 1. The molecule has 0 unspecified atom stereocenters. The van der Waals surface area contributed by atoms with Crippen molar-refractivity contribution in [2.24, 2.45) is 0 Å². The first-order chi connectivity index (χ1) is 13.2. The van der Waals surface area contributed by atoms with Crippen molar-refractivity contribution in [3.8, 4) is 0 Å². The van der Waals surface area contributed by atoms with Gasteiger partial charge in [-0.05, 0) is 48.0 Å². The van der Waals surface area contributed by atoms with Crippen molar-refractivity contribution >= 4 is 27.3 Å². The summed E-state index contributed by atoms with van der Waals surface area (Å²) < 4.78 is 11.9. The topological polar surface area (TPSA) is 58.8 Å². The van der Waals surface area contributed by atoms with Crippen LogP contribution in [0, 0.1) is 0 Å². The molecule has 0 spiro atoms. The average molecular weight is 385 g/mol. The molecule has 0 radical (unpaired) electrons. The molecule has 3 aromatic rings. The quantitative estimate of drug-likeness (QED) is 0.653. The van der Waals surface area contributed by atoms with Crippen molar-refractivity contribution in [2.75, 3.05) is 39.9 Å². The lowest BCUT2D eigenvalue weighted by atomic mass is 10.1. The number of nitrogens with zero attached hydrogens (tertiary/aromatic N) is 3. The normalized spacial score (nSPS) is 15.0. The van der Waals surface area contributed by atoms with E-state index in [9.17, 15) is 4.79 Å². The zero-order valence-corrected chi connectivity index (χ0v) is 16.2.